The molecule has 0 saturated carbocycles. The molecule has 1 rings (SSSR count). The summed E-state index contributed by atoms with van der Waals surface area (Å²) in [6.45, 7) is 0. The zero-order valence-electron chi connectivity index (χ0n) is 7.40. The van der Waals surface area contributed by atoms with Gasteiger partial charge in [0.2, 0.25) is 5.90 Å². The first kappa shape index (κ1) is 9.27. The average molecular weight is 174 g/mol. The van der Waals surface area contributed by atoms with E-state index in [1.54, 1.807) is 0 Å². The van der Waals surface area contributed by atoms with Crippen LogP contribution in [-0.4, -0.2) is 13.0 Å². The first-order valence-corrected chi connectivity index (χ1v) is 3.90. The van der Waals surface area contributed by atoms with E-state index in [1.165, 1.54) is 7.11 Å². The zero-order chi connectivity index (χ0) is 9.52. The van der Waals surface area contributed by atoms with Gasteiger partial charge in [0.05, 0.1) is 18.9 Å². The summed E-state index contributed by atoms with van der Waals surface area (Å²) in [5.74, 6) is 0.439. The van der Waals surface area contributed by atoms with E-state index in [0.717, 1.165) is 5.69 Å². The van der Waals surface area contributed by atoms with Gasteiger partial charge in [-0.05, 0) is 12.1 Å². The molecule has 0 aliphatic carbocycles. The summed E-state index contributed by atoms with van der Waals surface area (Å²) in [5, 5.41) is 8.43. The first-order chi connectivity index (χ1) is 6.36. The van der Waals surface area contributed by atoms with Crippen molar-refractivity contribution in [2.24, 2.45) is 4.99 Å². The Morgan fingerprint density at radius 3 is 2.69 bits per heavy atom. The minimum Gasteiger partial charge on any atom is -0.483 e. The molecule has 0 amide bonds. The van der Waals surface area contributed by atoms with Crippen LogP contribution in [0.2, 0.25) is 0 Å². The van der Waals surface area contributed by atoms with Crippen molar-refractivity contribution in [2.45, 2.75) is 6.42 Å². The second-order valence-electron chi connectivity index (χ2n) is 2.38. The molecule has 66 valence electrons. The summed E-state index contributed by atoms with van der Waals surface area (Å²) in [6, 6.07) is 11.4. The highest BCUT2D eigenvalue weighted by Gasteiger charge is 1.96. The van der Waals surface area contributed by atoms with Crippen molar-refractivity contribution in [1.29, 1.82) is 5.26 Å². The maximum absolute atomic E-state index is 8.43. The Morgan fingerprint density at radius 2 is 2.15 bits per heavy atom. The van der Waals surface area contributed by atoms with Crippen LogP contribution in [0.5, 0.6) is 0 Å². The van der Waals surface area contributed by atoms with Gasteiger partial charge in [0.1, 0.15) is 6.42 Å². The molecule has 0 unspecified atom stereocenters. The molecule has 0 N–H and O–H groups in total. The standard InChI is InChI=1S/C10H10N2O/c1-13-10(7-8-11)12-9-5-3-2-4-6-9/h2-6H,7H2,1H3/b12-10-. The minimum atomic E-state index is 0.200. The van der Waals surface area contributed by atoms with E-state index < -0.39 is 0 Å². The van der Waals surface area contributed by atoms with Crippen LogP contribution >= 0.6 is 0 Å². The average Bonchev–Trinajstić information content (AvgIpc) is 2.19. The summed E-state index contributed by atoms with van der Waals surface area (Å²) in [7, 11) is 1.51. The van der Waals surface area contributed by atoms with E-state index in [1.807, 2.05) is 36.4 Å². The van der Waals surface area contributed by atoms with Crippen LogP contribution in [0, 0.1) is 11.3 Å². The van der Waals surface area contributed by atoms with E-state index in [9.17, 15) is 0 Å². The Kier molecular flexibility index (Phi) is 3.52. The molecule has 13 heavy (non-hydrogen) atoms. The molecule has 0 heterocycles. The van der Waals surface area contributed by atoms with E-state index in [4.69, 9.17) is 10.00 Å². The van der Waals surface area contributed by atoms with Crippen molar-refractivity contribution in [3.8, 4) is 6.07 Å². The molecular weight excluding hydrogens is 164 g/mol. The number of methoxy groups -OCH3 is 1. The van der Waals surface area contributed by atoms with Crippen molar-refractivity contribution in [2.75, 3.05) is 7.11 Å². The Morgan fingerprint density at radius 1 is 1.46 bits per heavy atom. The number of nitrogens with zero attached hydrogens (tertiary/aromatic N) is 2. The van der Waals surface area contributed by atoms with Gasteiger partial charge in [-0.3, -0.25) is 0 Å². The molecular formula is C10H10N2O. The van der Waals surface area contributed by atoms with Crippen LogP contribution in [0.1, 0.15) is 6.42 Å². The summed E-state index contributed by atoms with van der Waals surface area (Å²) < 4.78 is 4.92. The Hall–Kier alpha value is -1.82. The number of para-hydroxylation sites is 1. The molecule has 3 heteroatoms. The van der Waals surface area contributed by atoms with Gasteiger partial charge >= 0.3 is 0 Å². The number of aliphatic imine (C=N–C) groups is 1. The first-order valence-electron chi connectivity index (χ1n) is 3.90. The fourth-order valence-electron chi connectivity index (χ4n) is 0.871. The van der Waals surface area contributed by atoms with Gasteiger partial charge in [0.15, 0.2) is 0 Å². The number of benzene rings is 1. The molecule has 1 aromatic rings. The van der Waals surface area contributed by atoms with Crippen LogP contribution in [-0.2, 0) is 4.74 Å². The molecule has 0 saturated heterocycles. The lowest BCUT2D eigenvalue weighted by atomic mass is 10.3. The number of hydrogen-bond acceptors (Lipinski definition) is 3. The van der Waals surface area contributed by atoms with Crippen molar-refractivity contribution in [1.82, 2.24) is 0 Å². The highest BCUT2D eigenvalue weighted by molar-refractivity contribution is 5.80. The van der Waals surface area contributed by atoms with E-state index >= 15 is 0 Å². The van der Waals surface area contributed by atoms with Crippen molar-refractivity contribution >= 4 is 11.6 Å². The molecule has 3 nitrogen and oxygen atoms in total. The lowest BCUT2D eigenvalue weighted by Gasteiger charge is -1.99. The van der Waals surface area contributed by atoms with Gasteiger partial charge in [-0.25, -0.2) is 4.99 Å². The van der Waals surface area contributed by atoms with Crippen molar-refractivity contribution in [3.05, 3.63) is 30.3 Å². The molecule has 0 fully saturated rings. The number of nitriles is 1. The predicted octanol–water partition coefficient (Wildman–Crippen LogP) is 2.28. The Labute approximate surface area is 77.3 Å². The van der Waals surface area contributed by atoms with Gasteiger partial charge < -0.3 is 4.74 Å². The summed E-state index contributed by atoms with van der Waals surface area (Å²) in [5.41, 5.74) is 0.801. The molecule has 0 atom stereocenters. The molecule has 0 aliphatic rings. The van der Waals surface area contributed by atoms with Gasteiger partial charge in [-0.1, -0.05) is 18.2 Å². The fraction of sp³-hybridized carbons (Fsp3) is 0.200. The van der Waals surface area contributed by atoms with E-state index in [2.05, 4.69) is 4.99 Å². The lowest BCUT2D eigenvalue weighted by Crippen LogP contribution is -1.98. The van der Waals surface area contributed by atoms with Crippen molar-refractivity contribution < 1.29 is 4.74 Å². The maximum Gasteiger partial charge on any atom is 0.202 e. The minimum absolute atomic E-state index is 0.200. The van der Waals surface area contributed by atoms with Gasteiger partial charge in [0, 0.05) is 0 Å². The van der Waals surface area contributed by atoms with Gasteiger partial charge in [-0.2, -0.15) is 5.26 Å². The predicted molar refractivity (Wildman–Crippen MR) is 50.8 cm³/mol. The van der Waals surface area contributed by atoms with E-state index in [0.29, 0.717) is 5.90 Å². The molecule has 0 aliphatic heterocycles. The highest BCUT2D eigenvalue weighted by atomic mass is 16.5. The molecule has 0 bridgehead atoms. The zero-order valence-corrected chi connectivity index (χ0v) is 7.40. The monoisotopic (exact) mass is 174 g/mol. The third-order valence-corrected chi connectivity index (χ3v) is 1.48. The fourth-order valence-corrected chi connectivity index (χ4v) is 0.871. The third kappa shape index (κ3) is 2.96. The van der Waals surface area contributed by atoms with Crippen LogP contribution in [0.15, 0.2) is 35.3 Å². The van der Waals surface area contributed by atoms with Gasteiger partial charge in [-0.15, -0.1) is 0 Å². The second kappa shape index (κ2) is 4.94. The maximum atomic E-state index is 8.43. The largest absolute Gasteiger partial charge is 0.483 e. The normalized spacial score (nSPS) is 10.6. The van der Waals surface area contributed by atoms with Crippen LogP contribution in [0.4, 0.5) is 5.69 Å². The smallest absolute Gasteiger partial charge is 0.202 e. The number of ether oxygens (including phenoxy) is 1. The topological polar surface area (TPSA) is 45.4 Å². The Bertz CT molecular complexity index is 325. The number of rotatable bonds is 2. The Balaban J connectivity index is 2.80. The molecule has 0 spiro atoms. The molecule has 0 aromatic heterocycles. The molecule has 0 radical (unpaired) electrons. The SMILES string of the molecule is CO/C(CC#N)=N\c1ccccc1. The van der Waals surface area contributed by atoms with E-state index in [-0.39, 0.29) is 6.42 Å². The van der Waals surface area contributed by atoms with Gasteiger partial charge in [0.25, 0.3) is 0 Å². The van der Waals surface area contributed by atoms with Crippen LogP contribution in [0.25, 0.3) is 0 Å². The highest BCUT2D eigenvalue weighted by Crippen LogP contribution is 2.10. The quantitative estimate of drug-likeness (QED) is 0.510. The number of hydrogen-bond donors (Lipinski definition) is 0. The van der Waals surface area contributed by atoms with Crippen LogP contribution in [0.3, 0.4) is 0 Å². The van der Waals surface area contributed by atoms with Crippen LogP contribution < -0.4 is 0 Å². The van der Waals surface area contributed by atoms with Crippen molar-refractivity contribution in [3.63, 3.8) is 0 Å². The summed E-state index contributed by atoms with van der Waals surface area (Å²) >= 11 is 0. The summed E-state index contributed by atoms with van der Waals surface area (Å²) in [4.78, 5) is 4.14. The molecule has 1 aromatic carbocycles. The summed E-state index contributed by atoms with van der Waals surface area (Å²) in [6.07, 6.45) is 0.200. The lowest BCUT2D eigenvalue weighted by molar-refractivity contribution is 0.396. The second-order valence-corrected chi connectivity index (χ2v) is 2.38. The third-order valence-electron chi connectivity index (χ3n) is 1.48.